The number of carbonyl (C=O) groups excluding carboxylic acids is 2. The molecule has 148 valence electrons. The van der Waals surface area contributed by atoms with Gasteiger partial charge in [0.25, 0.3) is 0 Å². The Hall–Kier alpha value is -1.87. The van der Waals surface area contributed by atoms with E-state index in [9.17, 15) is 9.59 Å². The highest BCUT2D eigenvalue weighted by Gasteiger charge is 2.22. The summed E-state index contributed by atoms with van der Waals surface area (Å²) in [6, 6.07) is 0.205. The fourth-order valence-corrected chi connectivity index (χ4v) is 4.56. The molecule has 0 aliphatic heterocycles. The third-order valence-electron chi connectivity index (χ3n) is 4.08. The van der Waals surface area contributed by atoms with Crippen molar-refractivity contribution < 1.29 is 14.3 Å². The molecule has 0 spiro atoms. The van der Waals surface area contributed by atoms with Crippen molar-refractivity contribution in [1.29, 1.82) is 0 Å². The van der Waals surface area contributed by atoms with Gasteiger partial charge >= 0.3 is 5.97 Å². The highest BCUT2D eigenvalue weighted by molar-refractivity contribution is 7.99. The smallest absolute Gasteiger partial charge is 0.341 e. The molecule has 0 radical (unpaired) electrons. The van der Waals surface area contributed by atoms with Crippen LogP contribution in [0.2, 0.25) is 0 Å². The third-order valence-corrected chi connectivity index (χ3v) is 6.15. The lowest BCUT2D eigenvalue weighted by Gasteiger charge is -2.15. The molecule has 0 aliphatic rings. The van der Waals surface area contributed by atoms with Crippen molar-refractivity contribution in [1.82, 2.24) is 14.8 Å². The minimum absolute atomic E-state index is 0.180. The number of nitrogens with zero attached hydrogens (tertiary/aromatic N) is 3. The fourth-order valence-electron chi connectivity index (χ4n) is 2.62. The van der Waals surface area contributed by atoms with E-state index < -0.39 is 5.97 Å². The number of anilines is 1. The first-order chi connectivity index (χ1) is 12.7. The first-order valence-corrected chi connectivity index (χ1v) is 10.5. The van der Waals surface area contributed by atoms with Crippen molar-refractivity contribution >= 4 is 40.0 Å². The van der Waals surface area contributed by atoms with E-state index in [0.29, 0.717) is 10.6 Å². The second-order valence-electron chi connectivity index (χ2n) is 6.78. The molecule has 27 heavy (non-hydrogen) atoms. The number of carbonyl (C=O) groups is 2. The number of nitrogens with one attached hydrogen (secondary N) is 1. The summed E-state index contributed by atoms with van der Waals surface area (Å²) in [5.74, 6) is 0.699. The maximum absolute atomic E-state index is 12.5. The normalized spacial score (nSPS) is 11.3. The maximum atomic E-state index is 12.5. The van der Waals surface area contributed by atoms with E-state index in [1.807, 2.05) is 13.8 Å². The molecule has 0 saturated heterocycles. The van der Waals surface area contributed by atoms with Crippen molar-refractivity contribution in [2.24, 2.45) is 0 Å². The van der Waals surface area contributed by atoms with Crippen LogP contribution in [-0.2, 0) is 9.53 Å². The molecular formula is C18H26N4O3S2. The van der Waals surface area contributed by atoms with Gasteiger partial charge in [-0.25, -0.2) is 4.79 Å². The number of esters is 1. The predicted octanol–water partition coefficient (Wildman–Crippen LogP) is 4.18. The molecule has 0 aliphatic carbocycles. The van der Waals surface area contributed by atoms with E-state index in [-0.39, 0.29) is 23.6 Å². The number of hydrogen-bond donors (Lipinski definition) is 1. The first kappa shape index (κ1) is 21.4. The lowest BCUT2D eigenvalue weighted by atomic mass is 10.1. The summed E-state index contributed by atoms with van der Waals surface area (Å²) >= 11 is 2.71. The second-order valence-corrected chi connectivity index (χ2v) is 8.94. The minimum atomic E-state index is -0.444. The van der Waals surface area contributed by atoms with Crippen LogP contribution in [-0.4, -0.2) is 39.5 Å². The Labute approximate surface area is 167 Å². The molecule has 1 N–H and O–H groups in total. The van der Waals surface area contributed by atoms with Gasteiger partial charge < -0.3 is 14.6 Å². The number of hydrogen-bond acceptors (Lipinski definition) is 7. The largest absolute Gasteiger partial charge is 0.465 e. The predicted molar refractivity (Wildman–Crippen MR) is 109 cm³/mol. The van der Waals surface area contributed by atoms with Crippen LogP contribution in [0.5, 0.6) is 0 Å². The zero-order valence-corrected chi connectivity index (χ0v) is 18.4. The number of thiophene rings is 1. The van der Waals surface area contributed by atoms with Crippen molar-refractivity contribution in [2.75, 3.05) is 18.2 Å². The van der Waals surface area contributed by atoms with E-state index in [1.54, 1.807) is 0 Å². The van der Waals surface area contributed by atoms with E-state index in [4.69, 9.17) is 4.74 Å². The number of aromatic nitrogens is 3. The van der Waals surface area contributed by atoms with Gasteiger partial charge in [0.05, 0.1) is 18.4 Å². The van der Waals surface area contributed by atoms with Gasteiger partial charge in [0.15, 0.2) is 5.16 Å². The summed E-state index contributed by atoms with van der Waals surface area (Å²) in [6.45, 7) is 12.0. The first-order valence-electron chi connectivity index (χ1n) is 8.73. The third kappa shape index (κ3) is 4.70. The number of methoxy groups -OCH3 is 1. The maximum Gasteiger partial charge on any atom is 0.341 e. The highest BCUT2D eigenvalue weighted by Crippen LogP contribution is 2.33. The van der Waals surface area contributed by atoms with Crippen LogP contribution in [0.4, 0.5) is 5.00 Å². The molecule has 2 aromatic rings. The van der Waals surface area contributed by atoms with E-state index >= 15 is 0 Å². The number of aryl methyl sites for hydroxylation is 1. The SMILES string of the molecule is COC(=O)c1c(NC(=O)CSc2nnc(C(C)C)n2C(C)C)sc(C)c1C. The zero-order chi connectivity index (χ0) is 20.3. The van der Waals surface area contributed by atoms with Gasteiger partial charge in [0.2, 0.25) is 5.91 Å². The number of ether oxygens (including phenoxy) is 1. The Morgan fingerprint density at radius 2 is 1.89 bits per heavy atom. The van der Waals surface area contributed by atoms with Crippen LogP contribution >= 0.6 is 23.1 Å². The Morgan fingerprint density at radius 3 is 2.44 bits per heavy atom. The van der Waals surface area contributed by atoms with Gasteiger partial charge in [-0.3, -0.25) is 4.79 Å². The molecule has 7 nitrogen and oxygen atoms in total. The van der Waals surface area contributed by atoms with Crippen molar-refractivity contribution in [3.8, 4) is 0 Å². The quantitative estimate of drug-likeness (QED) is 0.544. The second kappa shape index (κ2) is 8.88. The Kier molecular flexibility index (Phi) is 7.05. The summed E-state index contributed by atoms with van der Waals surface area (Å²) in [5.41, 5.74) is 1.25. The van der Waals surface area contributed by atoms with Crippen LogP contribution in [0.1, 0.15) is 66.3 Å². The molecule has 0 fully saturated rings. The van der Waals surface area contributed by atoms with Crippen LogP contribution in [0.15, 0.2) is 5.16 Å². The lowest BCUT2D eigenvalue weighted by molar-refractivity contribution is -0.113. The average molecular weight is 411 g/mol. The Bertz CT molecular complexity index is 840. The van der Waals surface area contributed by atoms with E-state index in [2.05, 4.69) is 47.8 Å². The number of thioether (sulfide) groups is 1. The van der Waals surface area contributed by atoms with Crippen LogP contribution < -0.4 is 5.32 Å². The number of amides is 1. The van der Waals surface area contributed by atoms with Crippen LogP contribution in [0.25, 0.3) is 0 Å². The minimum Gasteiger partial charge on any atom is -0.465 e. The van der Waals surface area contributed by atoms with Gasteiger partial charge in [-0.1, -0.05) is 25.6 Å². The van der Waals surface area contributed by atoms with Gasteiger partial charge in [-0.2, -0.15) is 0 Å². The van der Waals surface area contributed by atoms with Crippen molar-refractivity contribution in [3.63, 3.8) is 0 Å². The molecule has 0 atom stereocenters. The van der Waals surface area contributed by atoms with E-state index in [1.165, 1.54) is 30.2 Å². The van der Waals surface area contributed by atoms with Crippen LogP contribution in [0.3, 0.4) is 0 Å². The molecule has 1 amide bonds. The fraction of sp³-hybridized carbons (Fsp3) is 0.556. The highest BCUT2D eigenvalue weighted by atomic mass is 32.2. The summed E-state index contributed by atoms with van der Waals surface area (Å²) in [6.07, 6.45) is 0. The topological polar surface area (TPSA) is 86.1 Å². The Balaban J connectivity index is 2.13. The zero-order valence-electron chi connectivity index (χ0n) is 16.7. The molecule has 0 saturated carbocycles. The van der Waals surface area contributed by atoms with Crippen molar-refractivity contribution in [3.05, 3.63) is 21.8 Å². The summed E-state index contributed by atoms with van der Waals surface area (Å²) in [5, 5.41) is 12.6. The molecule has 2 rings (SSSR count). The standard InChI is InChI=1S/C18H26N4O3S2/c1-9(2)15-20-21-18(22(15)10(3)4)26-8-13(23)19-16-14(17(24)25-7)11(5)12(6)27-16/h9-10H,8H2,1-7H3,(H,19,23). The molecule has 0 bridgehead atoms. The molecule has 2 aromatic heterocycles. The summed E-state index contributed by atoms with van der Waals surface area (Å²) < 4.78 is 6.90. The molecule has 0 unspecified atom stereocenters. The van der Waals surface area contributed by atoms with Gasteiger partial charge in [0, 0.05) is 16.8 Å². The van der Waals surface area contributed by atoms with Gasteiger partial charge in [-0.15, -0.1) is 21.5 Å². The summed E-state index contributed by atoms with van der Waals surface area (Å²) in [4.78, 5) is 25.4. The lowest BCUT2D eigenvalue weighted by Crippen LogP contribution is -2.17. The average Bonchev–Trinajstić information content (AvgIpc) is 3.14. The van der Waals surface area contributed by atoms with Gasteiger partial charge in [-0.05, 0) is 33.3 Å². The molecule has 2 heterocycles. The monoisotopic (exact) mass is 410 g/mol. The van der Waals surface area contributed by atoms with E-state index in [0.717, 1.165) is 21.4 Å². The van der Waals surface area contributed by atoms with Gasteiger partial charge in [0.1, 0.15) is 10.8 Å². The van der Waals surface area contributed by atoms with Crippen molar-refractivity contribution in [2.45, 2.75) is 58.7 Å². The molecule has 9 heteroatoms. The van der Waals surface area contributed by atoms with Crippen LogP contribution in [0, 0.1) is 13.8 Å². The summed E-state index contributed by atoms with van der Waals surface area (Å²) in [7, 11) is 1.33. The molecular weight excluding hydrogens is 384 g/mol. The number of rotatable bonds is 7. The molecule has 0 aromatic carbocycles. The Morgan fingerprint density at radius 1 is 1.22 bits per heavy atom.